The summed E-state index contributed by atoms with van der Waals surface area (Å²) in [5.41, 5.74) is 15.9. The number of guanidine groups is 1. The maximum Gasteiger partial charge on any atom is 0.326 e. The van der Waals surface area contributed by atoms with Crippen LogP contribution in [0.3, 0.4) is 0 Å². The molecule has 0 bridgehead atoms. The van der Waals surface area contributed by atoms with Gasteiger partial charge in [0.15, 0.2) is 5.96 Å². The summed E-state index contributed by atoms with van der Waals surface area (Å²) in [6, 6.07) is 11.0. The second kappa shape index (κ2) is 18.0. The number of aliphatic carboxylic acids is 3. The van der Waals surface area contributed by atoms with Gasteiger partial charge in [0.05, 0.1) is 13.0 Å². The van der Waals surface area contributed by atoms with Gasteiger partial charge >= 0.3 is 17.9 Å². The van der Waals surface area contributed by atoms with E-state index in [1.54, 1.807) is 30.3 Å². The highest BCUT2D eigenvalue weighted by Crippen LogP contribution is 2.23. The summed E-state index contributed by atoms with van der Waals surface area (Å²) in [5, 5.41) is 37.2. The number of carboxylic acids is 3. The van der Waals surface area contributed by atoms with Gasteiger partial charge in [0.25, 0.3) is 0 Å². The van der Waals surface area contributed by atoms with Gasteiger partial charge in [-0.3, -0.25) is 29.0 Å². The molecule has 0 aromatic heterocycles. The number of benzene rings is 2. The first-order chi connectivity index (χ1) is 22.8. The lowest BCUT2D eigenvalue weighted by Gasteiger charge is -2.37. The van der Waals surface area contributed by atoms with Crippen LogP contribution < -0.4 is 32.8 Å². The molecule has 0 fully saturated rings. The standard InChI is InChI=1S/C31H40N8O9/c32-31(33)34-12-6-11-21(29(45)46)36-25(40)16-35-27(43)22(15-26(41)42)37-28(44)23(13-18-7-2-1-3-8-18)38-39-17-20-10-5-4-9-19(20)14-24(39)30(47)48/h1-5,7-10,21-24,38H,6,11-17H2,(H,35,43)(H,36,40)(H,37,44)(H,41,42)(H,45,46)(H,47,48)(H4,32,33,34)/t21-,22-,23-,24?/m0/s1. The summed E-state index contributed by atoms with van der Waals surface area (Å²) in [6.45, 7) is -0.412. The van der Waals surface area contributed by atoms with Crippen molar-refractivity contribution in [2.45, 2.75) is 62.8 Å². The second-order valence-electron chi connectivity index (χ2n) is 11.1. The molecular formula is C31H40N8O9. The molecule has 1 heterocycles. The molecule has 0 radical (unpaired) electrons. The third kappa shape index (κ3) is 11.7. The number of amides is 3. The van der Waals surface area contributed by atoms with E-state index in [9.17, 15) is 44.1 Å². The monoisotopic (exact) mass is 668 g/mol. The van der Waals surface area contributed by atoms with E-state index in [1.807, 2.05) is 24.3 Å². The molecule has 3 rings (SSSR count). The zero-order valence-corrected chi connectivity index (χ0v) is 26.0. The predicted molar refractivity (Wildman–Crippen MR) is 171 cm³/mol. The molecule has 48 heavy (non-hydrogen) atoms. The van der Waals surface area contributed by atoms with Crippen LogP contribution in [-0.2, 0) is 48.2 Å². The van der Waals surface area contributed by atoms with Crippen LogP contribution in [0.2, 0.25) is 0 Å². The number of aliphatic imine (C=N–C) groups is 1. The summed E-state index contributed by atoms with van der Waals surface area (Å²) in [4.78, 5) is 78.3. The number of carboxylic acid groups (broad SMARTS) is 3. The van der Waals surface area contributed by atoms with Crippen LogP contribution in [-0.4, -0.2) is 99.2 Å². The van der Waals surface area contributed by atoms with E-state index in [0.717, 1.165) is 11.1 Å². The first kappa shape index (κ1) is 36.9. The van der Waals surface area contributed by atoms with Gasteiger partial charge in [0.1, 0.15) is 24.2 Å². The van der Waals surface area contributed by atoms with Gasteiger partial charge in [-0.1, -0.05) is 54.6 Å². The maximum absolute atomic E-state index is 13.7. The lowest BCUT2D eigenvalue weighted by Crippen LogP contribution is -2.61. The minimum absolute atomic E-state index is 0.00929. The molecule has 17 heteroatoms. The Balaban J connectivity index is 1.72. The third-order valence-electron chi connectivity index (χ3n) is 7.47. The van der Waals surface area contributed by atoms with Crippen molar-refractivity contribution in [3.63, 3.8) is 0 Å². The fraction of sp³-hybridized carbons (Fsp3) is 0.387. The molecule has 0 spiro atoms. The molecule has 1 unspecified atom stereocenters. The Bertz CT molecular complexity index is 1500. The largest absolute Gasteiger partial charge is 0.481 e. The minimum atomic E-state index is -1.63. The van der Waals surface area contributed by atoms with E-state index in [0.29, 0.717) is 5.56 Å². The number of hydrogen-bond donors (Lipinski definition) is 9. The normalized spacial score (nSPS) is 15.9. The summed E-state index contributed by atoms with van der Waals surface area (Å²) in [5.74, 6) is -6.69. The van der Waals surface area contributed by atoms with E-state index < -0.39 is 72.8 Å². The van der Waals surface area contributed by atoms with Crippen molar-refractivity contribution in [1.82, 2.24) is 26.4 Å². The lowest BCUT2D eigenvalue weighted by atomic mass is 9.95. The van der Waals surface area contributed by atoms with E-state index in [1.165, 1.54) is 5.01 Å². The minimum Gasteiger partial charge on any atom is -0.481 e. The Labute approximate surface area is 275 Å². The van der Waals surface area contributed by atoms with E-state index in [2.05, 4.69) is 26.4 Å². The van der Waals surface area contributed by atoms with Crippen molar-refractivity contribution in [2.75, 3.05) is 13.1 Å². The van der Waals surface area contributed by atoms with Gasteiger partial charge in [-0.05, 0) is 36.0 Å². The summed E-state index contributed by atoms with van der Waals surface area (Å²) >= 11 is 0. The van der Waals surface area contributed by atoms with Gasteiger partial charge in [-0.2, -0.15) is 0 Å². The topological polar surface area (TPSA) is 279 Å². The quantitative estimate of drug-likeness (QED) is 0.0488. The van der Waals surface area contributed by atoms with Crippen molar-refractivity contribution in [3.8, 4) is 0 Å². The maximum atomic E-state index is 13.7. The average molecular weight is 669 g/mol. The van der Waals surface area contributed by atoms with Crippen LogP contribution in [0.4, 0.5) is 0 Å². The Hall–Kier alpha value is -5.55. The molecular weight excluding hydrogens is 628 g/mol. The lowest BCUT2D eigenvalue weighted by molar-refractivity contribution is -0.147. The zero-order chi connectivity index (χ0) is 35.2. The first-order valence-electron chi connectivity index (χ1n) is 15.1. The highest BCUT2D eigenvalue weighted by Gasteiger charge is 2.35. The number of hydrazine groups is 1. The van der Waals surface area contributed by atoms with E-state index in [-0.39, 0.29) is 44.7 Å². The van der Waals surface area contributed by atoms with E-state index in [4.69, 9.17) is 11.5 Å². The number of hydrogen-bond acceptors (Lipinski definition) is 9. The van der Waals surface area contributed by atoms with Gasteiger partial charge < -0.3 is 42.7 Å². The first-order valence-corrected chi connectivity index (χ1v) is 15.1. The van der Waals surface area contributed by atoms with Gasteiger partial charge in [-0.15, -0.1) is 0 Å². The SMILES string of the molecule is NC(N)=NCCC[C@H](NC(=O)CNC(=O)[C@H](CC(=O)O)NC(=O)[C@H](Cc1ccccc1)NN1Cc2ccccc2CC1C(=O)O)C(=O)O. The second-order valence-corrected chi connectivity index (χ2v) is 11.1. The van der Waals surface area contributed by atoms with Crippen molar-refractivity contribution >= 4 is 41.6 Å². The number of rotatable bonds is 18. The van der Waals surface area contributed by atoms with Crippen molar-refractivity contribution < 1.29 is 44.1 Å². The molecule has 4 atom stereocenters. The third-order valence-corrected chi connectivity index (χ3v) is 7.47. The Kier molecular flexibility index (Phi) is 13.8. The smallest absolute Gasteiger partial charge is 0.326 e. The van der Waals surface area contributed by atoms with Crippen molar-refractivity contribution in [3.05, 3.63) is 71.3 Å². The molecule has 3 amide bonds. The fourth-order valence-corrected chi connectivity index (χ4v) is 5.08. The molecule has 2 aromatic rings. The average Bonchev–Trinajstić information content (AvgIpc) is 3.03. The van der Waals surface area contributed by atoms with Gasteiger partial charge in [0, 0.05) is 19.5 Å². The molecule has 0 aliphatic carbocycles. The molecule has 1 aliphatic heterocycles. The Morgan fingerprint density at radius 3 is 2.15 bits per heavy atom. The van der Waals surface area contributed by atoms with Crippen LogP contribution in [0.1, 0.15) is 36.0 Å². The highest BCUT2D eigenvalue weighted by atomic mass is 16.4. The number of nitrogens with zero attached hydrogens (tertiary/aromatic N) is 2. The molecule has 2 aromatic carbocycles. The molecule has 0 saturated heterocycles. The molecule has 11 N–H and O–H groups in total. The molecule has 17 nitrogen and oxygen atoms in total. The summed E-state index contributed by atoms with van der Waals surface area (Å²) in [7, 11) is 0. The van der Waals surface area contributed by atoms with Crippen LogP contribution in [0.5, 0.6) is 0 Å². The predicted octanol–water partition coefficient (Wildman–Crippen LogP) is -1.69. The number of nitrogens with one attached hydrogen (secondary N) is 4. The van der Waals surface area contributed by atoms with Gasteiger partial charge in [-0.25, -0.2) is 15.2 Å². The summed E-state index contributed by atoms with van der Waals surface area (Å²) in [6.07, 6.45) is -0.382. The van der Waals surface area contributed by atoms with Crippen LogP contribution >= 0.6 is 0 Å². The van der Waals surface area contributed by atoms with Crippen LogP contribution in [0.25, 0.3) is 0 Å². The highest BCUT2D eigenvalue weighted by molar-refractivity contribution is 5.94. The zero-order valence-electron chi connectivity index (χ0n) is 26.0. The molecule has 0 saturated carbocycles. The van der Waals surface area contributed by atoms with E-state index >= 15 is 0 Å². The van der Waals surface area contributed by atoms with Crippen LogP contribution in [0.15, 0.2) is 59.6 Å². The number of nitrogens with two attached hydrogens (primary N) is 2. The van der Waals surface area contributed by atoms with Crippen molar-refractivity contribution in [2.24, 2.45) is 16.5 Å². The number of carbonyl (C=O) groups is 6. The van der Waals surface area contributed by atoms with Crippen LogP contribution in [0, 0.1) is 0 Å². The molecule has 258 valence electrons. The molecule has 1 aliphatic rings. The number of carbonyl (C=O) groups excluding carboxylic acids is 3. The fourth-order valence-electron chi connectivity index (χ4n) is 5.08. The summed E-state index contributed by atoms with van der Waals surface area (Å²) < 4.78 is 0. The Morgan fingerprint density at radius 1 is 0.854 bits per heavy atom. The number of fused-ring (bicyclic) bond motifs is 1. The Morgan fingerprint density at radius 2 is 1.52 bits per heavy atom. The van der Waals surface area contributed by atoms with Crippen molar-refractivity contribution in [1.29, 1.82) is 0 Å². The van der Waals surface area contributed by atoms with Gasteiger partial charge in [0.2, 0.25) is 17.7 Å².